The molecule has 1 aromatic heterocycles. The van der Waals surface area contributed by atoms with Crippen LogP contribution in [0.25, 0.3) is 10.9 Å². The normalized spacial score (nSPS) is 10.3. The van der Waals surface area contributed by atoms with Crippen LogP contribution < -0.4 is 10.8 Å². The van der Waals surface area contributed by atoms with Crippen LogP contribution in [-0.4, -0.2) is 31.5 Å². The number of aromatic nitrogens is 2. The molecule has 1 heterocycles. The highest BCUT2D eigenvalue weighted by atomic mass is 16.5. The van der Waals surface area contributed by atoms with Gasteiger partial charge in [-0.1, -0.05) is 41.6 Å². The molecule has 5 heteroatoms. The molecule has 0 bridgehead atoms. The maximum absolute atomic E-state index is 5.79. The maximum atomic E-state index is 5.79. The van der Waals surface area contributed by atoms with Crippen molar-refractivity contribution in [2.45, 2.75) is 13.0 Å². The lowest BCUT2D eigenvalue weighted by molar-refractivity contribution is 0.184. The Hall–Kier alpha value is -2.84. The third-order valence-corrected chi connectivity index (χ3v) is 3.74. The van der Waals surface area contributed by atoms with Crippen LogP contribution in [0.3, 0.4) is 0 Å². The summed E-state index contributed by atoms with van der Waals surface area (Å²) >= 11 is 0. The van der Waals surface area contributed by atoms with Crippen molar-refractivity contribution in [1.29, 1.82) is 0 Å². The van der Waals surface area contributed by atoms with Crippen molar-refractivity contribution in [2.75, 3.05) is 19.0 Å². The number of anilines is 1. The molecule has 0 fully saturated rings. The van der Waals surface area contributed by atoms with Crippen molar-refractivity contribution in [2.24, 2.45) is 0 Å². The Morgan fingerprint density at radius 1 is 1.16 bits per heavy atom. The van der Waals surface area contributed by atoms with Gasteiger partial charge < -0.3 is 10.1 Å². The summed E-state index contributed by atoms with van der Waals surface area (Å²) in [7, 11) is 7.48. The third kappa shape index (κ3) is 4.37. The SMILES string of the molecule is [B]c1ccc2c(NCCC#Cc3ccccc3COC)ncnc2c1. The Morgan fingerprint density at radius 3 is 2.92 bits per heavy atom. The van der Waals surface area contributed by atoms with Gasteiger partial charge in [0.15, 0.2) is 0 Å². The molecule has 0 saturated carbocycles. The van der Waals surface area contributed by atoms with E-state index in [1.54, 1.807) is 7.11 Å². The summed E-state index contributed by atoms with van der Waals surface area (Å²) in [4.78, 5) is 8.55. The van der Waals surface area contributed by atoms with E-state index in [4.69, 9.17) is 12.6 Å². The van der Waals surface area contributed by atoms with Gasteiger partial charge >= 0.3 is 0 Å². The van der Waals surface area contributed by atoms with E-state index in [-0.39, 0.29) is 0 Å². The second kappa shape index (κ2) is 8.32. The van der Waals surface area contributed by atoms with Gasteiger partial charge in [-0.25, -0.2) is 9.97 Å². The van der Waals surface area contributed by atoms with Crippen molar-refractivity contribution < 1.29 is 4.74 Å². The summed E-state index contributed by atoms with van der Waals surface area (Å²) < 4.78 is 5.20. The molecule has 0 amide bonds. The molecule has 0 atom stereocenters. The number of rotatable bonds is 5. The van der Waals surface area contributed by atoms with E-state index < -0.39 is 0 Å². The first-order valence-corrected chi connectivity index (χ1v) is 8.08. The van der Waals surface area contributed by atoms with Crippen LogP contribution in [0.1, 0.15) is 17.5 Å². The van der Waals surface area contributed by atoms with E-state index in [0.717, 1.165) is 27.8 Å². The predicted octanol–water partition coefficient (Wildman–Crippen LogP) is 2.42. The molecule has 1 N–H and O–H groups in total. The second-order valence-corrected chi connectivity index (χ2v) is 5.57. The van der Waals surface area contributed by atoms with E-state index in [1.165, 1.54) is 6.33 Å². The van der Waals surface area contributed by atoms with E-state index in [9.17, 15) is 0 Å². The van der Waals surface area contributed by atoms with Gasteiger partial charge in [0.05, 0.1) is 12.1 Å². The van der Waals surface area contributed by atoms with Gasteiger partial charge in [-0.15, -0.1) is 0 Å². The molecule has 0 unspecified atom stereocenters. The minimum atomic E-state index is 0.569. The van der Waals surface area contributed by atoms with E-state index >= 15 is 0 Å². The van der Waals surface area contributed by atoms with Crippen LogP contribution in [0.15, 0.2) is 48.8 Å². The Bertz CT molecular complexity index is 931. The standard InChI is InChI=1S/C20H18BN3O/c1-25-13-16-8-3-2-6-15(16)7-4-5-11-22-20-18-10-9-17(21)12-19(18)23-14-24-20/h2-3,6,8-10,12,14H,5,11,13H2,1H3,(H,22,23,24). The van der Waals surface area contributed by atoms with Gasteiger partial charge in [-0.3, -0.25) is 0 Å². The minimum Gasteiger partial charge on any atom is -0.380 e. The second-order valence-electron chi connectivity index (χ2n) is 5.57. The first-order valence-electron chi connectivity index (χ1n) is 8.08. The minimum absolute atomic E-state index is 0.569. The average molecular weight is 327 g/mol. The number of fused-ring (bicyclic) bond motifs is 1. The number of nitrogens with zero attached hydrogens (tertiary/aromatic N) is 2. The molecule has 2 aromatic carbocycles. The van der Waals surface area contributed by atoms with E-state index in [1.807, 2.05) is 42.5 Å². The van der Waals surface area contributed by atoms with Gasteiger partial charge in [0.25, 0.3) is 0 Å². The fourth-order valence-electron chi connectivity index (χ4n) is 2.54. The fourth-order valence-corrected chi connectivity index (χ4v) is 2.54. The number of nitrogens with one attached hydrogen (secondary N) is 1. The largest absolute Gasteiger partial charge is 0.380 e. The molecule has 3 rings (SSSR count). The molecule has 4 nitrogen and oxygen atoms in total. The van der Waals surface area contributed by atoms with Gasteiger partial charge in [-0.05, 0) is 23.8 Å². The number of hydrogen-bond donors (Lipinski definition) is 1. The zero-order chi connectivity index (χ0) is 17.5. The highest BCUT2D eigenvalue weighted by Gasteiger charge is 2.02. The van der Waals surface area contributed by atoms with Crippen molar-refractivity contribution in [3.8, 4) is 11.8 Å². The molecule has 0 saturated heterocycles. The maximum Gasteiger partial charge on any atom is 0.137 e. The number of hydrogen-bond acceptors (Lipinski definition) is 4. The van der Waals surface area contributed by atoms with Crippen LogP contribution in [-0.2, 0) is 11.3 Å². The van der Waals surface area contributed by atoms with Crippen LogP contribution in [0.5, 0.6) is 0 Å². The van der Waals surface area contributed by atoms with Crippen molar-refractivity contribution in [3.05, 3.63) is 59.9 Å². The third-order valence-electron chi connectivity index (χ3n) is 3.74. The first kappa shape index (κ1) is 17.0. The molecular weight excluding hydrogens is 309 g/mol. The zero-order valence-corrected chi connectivity index (χ0v) is 14.1. The summed E-state index contributed by atoms with van der Waals surface area (Å²) in [5.41, 5.74) is 3.63. The van der Waals surface area contributed by atoms with Gasteiger partial charge in [0.2, 0.25) is 0 Å². The monoisotopic (exact) mass is 327 g/mol. The van der Waals surface area contributed by atoms with Crippen molar-refractivity contribution >= 4 is 30.0 Å². The number of ether oxygens (including phenoxy) is 1. The van der Waals surface area contributed by atoms with E-state index in [0.29, 0.717) is 25.0 Å². The molecule has 0 aliphatic carbocycles. The van der Waals surface area contributed by atoms with Crippen LogP contribution in [0.2, 0.25) is 0 Å². The lowest BCUT2D eigenvalue weighted by atomic mass is 9.95. The van der Waals surface area contributed by atoms with Crippen LogP contribution >= 0.6 is 0 Å². The van der Waals surface area contributed by atoms with Gasteiger partial charge in [0.1, 0.15) is 20.0 Å². The topological polar surface area (TPSA) is 47.0 Å². The summed E-state index contributed by atoms with van der Waals surface area (Å²) in [6.07, 6.45) is 2.25. The first-order chi connectivity index (χ1) is 12.3. The van der Waals surface area contributed by atoms with Crippen molar-refractivity contribution in [3.63, 3.8) is 0 Å². The van der Waals surface area contributed by atoms with E-state index in [2.05, 4.69) is 27.1 Å². The summed E-state index contributed by atoms with van der Waals surface area (Å²) in [5.74, 6) is 7.20. The predicted molar refractivity (Wildman–Crippen MR) is 102 cm³/mol. The van der Waals surface area contributed by atoms with Gasteiger partial charge in [0, 0.05) is 31.0 Å². The Kier molecular flexibility index (Phi) is 5.66. The number of methoxy groups -OCH3 is 1. The van der Waals surface area contributed by atoms with Crippen molar-refractivity contribution in [1.82, 2.24) is 9.97 Å². The highest BCUT2D eigenvalue weighted by Crippen LogP contribution is 2.17. The molecule has 25 heavy (non-hydrogen) atoms. The molecule has 0 spiro atoms. The zero-order valence-electron chi connectivity index (χ0n) is 14.1. The quantitative estimate of drug-likeness (QED) is 0.444. The molecule has 0 aliphatic heterocycles. The average Bonchev–Trinajstić information content (AvgIpc) is 2.63. The molecule has 0 aliphatic rings. The fraction of sp³-hybridized carbons (Fsp3) is 0.200. The molecule has 122 valence electrons. The summed E-state index contributed by atoms with van der Waals surface area (Å²) in [6.45, 7) is 1.27. The Labute approximate surface area is 149 Å². The smallest absolute Gasteiger partial charge is 0.137 e. The summed E-state index contributed by atoms with van der Waals surface area (Å²) in [5, 5.41) is 4.27. The Morgan fingerprint density at radius 2 is 2.04 bits per heavy atom. The van der Waals surface area contributed by atoms with Gasteiger partial charge in [-0.2, -0.15) is 0 Å². The lowest BCUT2D eigenvalue weighted by Gasteiger charge is -2.07. The van der Waals surface area contributed by atoms with Crippen LogP contribution in [0.4, 0.5) is 5.82 Å². The molecular formula is C20H18BN3O. The lowest BCUT2D eigenvalue weighted by Crippen LogP contribution is -2.06. The Balaban J connectivity index is 1.63. The molecule has 2 radical (unpaired) electrons. The highest BCUT2D eigenvalue weighted by molar-refractivity contribution is 6.33. The molecule has 3 aromatic rings. The van der Waals surface area contributed by atoms with Crippen LogP contribution in [0, 0.1) is 11.8 Å². The summed E-state index contributed by atoms with van der Waals surface area (Å²) in [6, 6.07) is 13.6. The number of benzene rings is 2.